The summed E-state index contributed by atoms with van der Waals surface area (Å²) in [4.78, 5) is 29.4. The van der Waals surface area contributed by atoms with Gasteiger partial charge in [-0.15, -0.1) is 0 Å². The molecule has 6 nitrogen and oxygen atoms in total. The van der Waals surface area contributed by atoms with Crippen LogP contribution in [-0.4, -0.2) is 28.6 Å². The Morgan fingerprint density at radius 1 is 1.30 bits per heavy atom. The van der Waals surface area contributed by atoms with Crippen LogP contribution in [0.25, 0.3) is 6.08 Å². The van der Waals surface area contributed by atoms with Gasteiger partial charge in [0.25, 0.3) is 5.91 Å². The van der Waals surface area contributed by atoms with E-state index in [1.54, 1.807) is 24.4 Å². The highest BCUT2D eigenvalue weighted by atomic mass is 16.6. The van der Waals surface area contributed by atoms with E-state index in [9.17, 15) is 9.59 Å². The summed E-state index contributed by atoms with van der Waals surface area (Å²) in [6.07, 6.45) is 5.67. The minimum absolute atomic E-state index is 0.00880. The Hall–Kier alpha value is -2.37. The molecule has 2 amide bonds. The molecule has 0 radical (unpaired) electrons. The van der Waals surface area contributed by atoms with E-state index in [1.165, 1.54) is 0 Å². The SMILES string of the molecule is C=Cc1ccnc(NC(=O)[C@@H](OC(=O)NC(C)(C)C)C2CCC(C)CC2)c1. The number of aromatic nitrogens is 1. The molecule has 1 saturated carbocycles. The van der Waals surface area contributed by atoms with Gasteiger partial charge >= 0.3 is 6.09 Å². The zero-order chi connectivity index (χ0) is 20.0. The van der Waals surface area contributed by atoms with Crippen molar-refractivity contribution in [3.8, 4) is 0 Å². The van der Waals surface area contributed by atoms with Crippen molar-refractivity contribution in [2.24, 2.45) is 11.8 Å². The van der Waals surface area contributed by atoms with Gasteiger partial charge in [-0.05, 0) is 57.2 Å². The maximum Gasteiger partial charge on any atom is 0.408 e. The number of anilines is 1. The van der Waals surface area contributed by atoms with E-state index >= 15 is 0 Å². The number of carbonyl (C=O) groups excluding carboxylic acids is 2. The standard InChI is InChI=1S/C21H31N3O3/c1-6-15-11-12-22-17(13-15)23-19(25)18(16-9-7-14(2)8-10-16)27-20(26)24-21(3,4)5/h6,11-14,16,18H,1,7-10H2,2-5H3,(H,24,26)(H,22,23,25)/t14?,16?,18-/m0/s1. The first-order chi connectivity index (χ1) is 12.7. The summed E-state index contributed by atoms with van der Waals surface area (Å²) in [6, 6.07) is 3.54. The Kier molecular flexibility index (Phi) is 6.99. The number of ether oxygens (including phenoxy) is 1. The van der Waals surface area contributed by atoms with Crippen molar-refractivity contribution >= 4 is 23.9 Å². The molecule has 1 fully saturated rings. The molecule has 1 heterocycles. The predicted octanol–water partition coefficient (Wildman–Crippen LogP) is 4.38. The quantitative estimate of drug-likeness (QED) is 0.802. The molecule has 0 saturated heterocycles. The zero-order valence-electron chi connectivity index (χ0n) is 16.7. The lowest BCUT2D eigenvalue weighted by atomic mass is 9.80. The van der Waals surface area contributed by atoms with Gasteiger partial charge in [0.05, 0.1) is 0 Å². The van der Waals surface area contributed by atoms with Crippen LogP contribution in [0.4, 0.5) is 10.6 Å². The molecule has 2 rings (SSSR count). The fraction of sp³-hybridized carbons (Fsp3) is 0.571. The highest BCUT2D eigenvalue weighted by molar-refractivity contribution is 5.95. The summed E-state index contributed by atoms with van der Waals surface area (Å²) in [6.45, 7) is 11.5. The fourth-order valence-electron chi connectivity index (χ4n) is 3.24. The average molecular weight is 373 g/mol. The van der Waals surface area contributed by atoms with E-state index in [-0.39, 0.29) is 11.8 Å². The largest absolute Gasteiger partial charge is 0.436 e. The van der Waals surface area contributed by atoms with Gasteiger partial charge < -0.3 is 15.4 Å². The Morgan fingerprint density at radius 2 is 1.96 bits per heavy atom. The van der Waals surface area contributed by atoms with Crippen molar-refractivity contribution in [1.82, 2.24) is 10.3 Å². The lowest BCUT2D eigenvalue weighted by molar-refractivity contribution is -0.128. The van der Waals surface area contributed by atoms with Crippen LogP contribution in [0.2, 0.25) is 0 Å². The highest BCUT2D eigenvalue weighted by Crippen LogP contribution is 2.32. The summed E-state index contributed by atoms with van der Waals surface area (Å²) < 4.78 is 5.58. The Balaban J connectivity index is 2.13. The Labute approximate surface area is 161 Å². The number of nitrogens with zero attached hydrogens (tertiary/aromatic N) is 1. The first kappa shape index (κ1) is 20.9. The number of amides is 2. The van der Waals surface area contributed by atoms with Crippen LogP contribution in [-0.2, 0) is 9.53 Å². The van der Waals surface area contributed by atoms with Crippen molar-refractivity contribution < 1.29 is 14.3 Å². The number of pyridine rings is 1. The van der Waals surface area contributed by atoms with E-state index in [0.717, 1.165) is 31.2 Å². The van der Waals surface area contributed by atoms with Crippen molar-refractivity contribution in [2.75, 3.05) is 5.32 Å². The molecule has 1 atom stereocenters. The molecule has 1 aliphatic carbocycles. The van der Waals surface area contributed by atoms with Crippen LogP contribution < -0.4 is 10.6 Å². The lowest BCUT2D eigenvalue weighted by Crippen LogP contribution is -2.47. The number of hydrogen-bond acceptors (Lipinski definition) is 4. The van der Waals surface area contributed by atoms with Gasteiger partial charge in [0.2, 0.25) is 0 Å². The summed E-state index contributed by atoms with van der Waals surface area (Å²) in [5.41, 5.74) is 0.425. The molecule has 0 aromatic carbocycles. The van der Waals surface area contributed by atoms with Gasteiger partial charge in [0.1, 0.15) is 5.82 Å². The number of rotatable bonds is 5. The van der Waals surface area contributed by atoms with Gasteiger partial charge in [-0.25, -0.2) is 9.78 Å². The Bertz CT molecular complexity index is 673. The van der Waals surface area contributed by atoms with Gasteiger partial charge in [-0.2, -0.15) is 0 Å². The predicted molar refractivity (Wildman–Crippen MR) is 107 cm³/mol. The number of hydrogen-bond donors (Lipinski definition) is 2. The topological polar surface area (TPSA) is 80.3 Å². The smallest absolute Gasteiger partial charge is 0.408 e. The first-order valence-electron chi connectivity index (χ1n) is 9.56. The molecule has 2 N–H and O–H groups in total. The van der Waals surface area contributed by atoms with E-state index in [4.69, 9.17) is 4.74 Å². The molecule has 0 aliphatic heterocycles. The van der Waals surface area contributed by atoms with Gasteiger partial charge in [0.15, 0.2) is 6.10 Å². The van der Waals surface area contributed by atoms with E-state index < -0.39 is 17.7 Å². The molecule has 1 aliphatic rings. The number of nitrogens with one attached hydrogen (secondary N) is 2. The second-order valence-corrected chi connectivity index (χ2v) is 8.39. The average Bonchev–Trinajstić information content (AvgIpc) is 2.59. The minimum atomic E-state index is -0.839. The molecule has 1 aromatic heterocycles. The third kappa shape index (κ3) is 6.70. The molecule has 148 valence electrons. The van der Waals surface area contributed by atoms with Crippen LogP contribution in [0.15, 0.2) is 24.9 Å². The van der Waals surface area contributed by atoms with E-state index in [2.05, 4.69) is 29.1 Å². The molecule has 6 heteroatoms. The third-order valence-electron chi connectivity index (χ3n) is 4.73. The second-order valence-electron chi connectivity index (χ2n) is 8.39. The van der Waals surface area contributed by atoms with Crippen molar-refractivity contribution in [2.45, 2.75) is 65.0 Å². The van der Waals surface area contributed by atoms with Gasteiger partial charge in [-0.1, -0.05) is 32.4 Å². The third-order valence-corrected chi connectivity index (χ3v) is 4.73. The van der Waals surface area contributed by atoms with Gasteiger partial charge in [-0.3, -0.25) is 4.79 Å². The molecular weight excluding hydrogens is 342 g/mol. The lowest BCUT2D eigenvalue weighted by Gasteiger charge is -2.32. The van der Waals surface area contributed by atoms with Crippen molar-refractivity contribution in [3.63, 3.8) is 0 Å². The summed E-state index contributed by atoms with van der Waals surface area (Å²) in [7, 11) is 0. The van der Waals surface area contributed by atoms with Crippen LogP contribution in [0.5, 0.6) is 0 Å². The summed E-state index contributed by atoms with van der Waals surface area (Å²) in [5, 5.41) is 5.56. The van der Waals surface area contributed by atoms with Crippen LogP contribution in [0.3, 0.4) is 0 Å². The van der Waals surface area contributed by atoms with Crippen molar-refractivity contribution in [3.05, 3.63) is 30.5 Å². The summed E-state index contributed by atoms with van der Waals surface area (Å²) >= 11 is 0. The Morgan fingerprint density at radius 3 is 2.56 bits per heavy atom. The molecular formula is C21H31N3O3. The van der Waals surface area contributed by atoms with Crippen LogP contribution >= 0.6 is 0 Å². The minimum Gasteiger partial charge on any atom is -0.436 e. The normalized spacial score (nSPS) is 21.0. The molecule has 1 aromatic rings. The molecule has 0 unspecified atom stereocenters. The first-order valence-corrected chi connectivity index (χ1v) is 9.56. The maximum absolute atomic E-state index is 12.9. The monoisotopic (exact) mass is 373 g/mol. The summed E-state index contributed by atoms with van der Waals surface area (Å²) in [5.74, 6) is 0.729. The second kappa shape index (κ2) is 9.02. The molecule has 0 bridgehead atoms. The van der Waals surface area contributed by atoms with Crippen LogP contribution in [0, 0.1) is 11.8 Å². The maximum atomic E-state index is 12.9. The van der Waals surface area contributed by atoms with E-state index in [0.29, 0.717) is 11.7 Å². The highest BCUT2D eigenvalue weighted by Gasteiger charge is 2.35. The number of carbonyl (C=O) groups is 2. The molecule has 0 spiro atoms. The zero-order valence-corrected chi connectivity index (χ0v) is 16.7. The van der Waals surface area contributed by atoms with Crippen LogP contribution in [0.1, 0.15) is 58.9 Å². The van der Waals surface area contributed by atoms with Crippen molar-refractivity contribution in [1.29, 1.82) is 0 Å². The van der Waals surface area contributed by atoms with Gasteiger partial charge in [0, 0.05) is 17.7 Å². The molecule has 27 heavy (non-hydrogen) atoms. The number of alkyl carbamates (subject to hydrolysis) is 1. The fourth-order valence-corrected chi connectivity index (χ4v) is 3.24. The van der Waals surface area contributed by atoms with E-state index in [1.807, 2.05) is 20.8 Å².